The number of hydrogen-bond acceptors (Lipinski definition) is 4. The van der Waals surface area contributed by atoms with E-state index in [9.17, 15) is 19.8 Å². The molecule has 4 N–H and O–H groups in total. The second-order valence-corrected chi connectivity index (χ2v) is 7.60. The summed E-state index contributed by atoms with van der Waals surface area (Å²) in [5.74, 6) is -0.527. The molecule has 152 valence electrons. The summed E-state index contributed by atoms with van der Waals surface area (Å²) in [5, 5.41) is 25.6. The second kappa shape index (κ2) is 13.1. The van der Waals surface area contributed by atoms with Crippen molar-refractivity contribution in [2.24, 2.45) is 0 Å². The van der Waals surface area contributed by atoms with Crippen LogP contribution >= 0.6 is 0 Å². The van der Waals surface area contributed by atoms with E-state index in [4.69, 9.17) is 0 Å². The number of amides is 2. The van der Waals surface area contributed by atoms with E-state index in [-0.39, 0.29) is 24.7 Å². The Bertz CT molecular complexity index is 379. The Balaban J connectivity index is 2.32. The number of nitrogens with one attached hydrogen (secondary N) is 2. The average Bonchev–Trinajstić information content (AvgIpc) is 2.60. The highest BCUT2D eigenvalue weighted by Gasteiger charge is 2.35. The van der Waals surface area contributed by atoms with Crippen LogP contribution in [0.1, 0.15) is 90.9 Å². The molecule has 1 fully saturated rings. The van der Waals surface area contributed by atoms with Gasteiger partial charge in [-0.2, -0.15) is 0 Å². The smallest absolute Gasteiger partial charge is 0.243 e. The van der Waals surface area contributed by atoms with Crippen LogP contribution in [-0.4, -0.2) is 46.3 Å². The van der Waals surface area contributed by atoms with Crippen LogP contribution in [0.5, 0.6) is 0 Å². The Hall–Kier alpha value is -1.14. The van der Waals surface area contributed by atoms with E-state index in [0.717, 1.165) is 51.4 Å². The van der Waals surface area contributed by atoms with Gasteiger partial charge in [0.1, 0.15) is 12.1 Å². The highest BCUT2D eigenvalue weighted by Crippen LogP contribution is 2.15. The van der Waals surface area contributed by atoms with Gasteiger partial charge in [0.2, 0.25) is 11.8 Å². The first-order valence-electron chi connectivity index (χ1n) is 10.4. The maximum atomic E-state index is 12.2. The van der Waals surface area contributed by atoms with Crippen LogP contribution in [0.15, 0.2) is 0 Å². The molecule has 4 unspecified atom stereocenters. The molecule has 1 heterocycles. The lowest BCUT2D eigenvalue weighted by Crippen LogP contribution is -2.62. The molecule has 2 amide bonds. The van der Waals surface area contributed by atoms with Crippen molar-refractivity contribution in [2.45, 2.75) is 115 Å². The number of piperazine rings is 1. The van der Waals surface area contributed by atoms with E-state index in [2.05, 4.69) is 24.5 Å². The normalized spacial score (nSPS) is 22.6. The minimum absolute atomic E-state index is 0.246. The lowest BCUT2D eigenvalue weighted by Gasteiger charge is -2.31. The first-order chi connectivity index (χ1) is 12.5. The van der Waals surface area contributed by atoms with Crippen molar-refractivity contribution in [1.82, 2.24) is 10.6 Å². The number of hydrogen-bond donors (Lipinski definition) is 4. The summed E-state index contributed by atoms with van der Waals surface area (Å²) >= 11 is 0. The Labute approximate surface area is 158 Å². The van der Waals surface area contributed by atoms with Gasteiger partial charge in [0.15, 0.2) is 0 Å². The van der Waals surface area contributed by atoms with Crippen LogP contribution in [0.3, 0.4) is 0 Å². The molecule has 0 aromatic heterocycles. The molecule has 1 aliphatic rings. The summed E-state index contributed by atoms with van der Waals surface area (Å²) in [6.45, 7) is 4.27. The molecule has 0 aromatic rings. The molecule has 0 radical (unpaired) electrons. The van der Waals surface area contributed by atoms with Crippen molar-refractivity contribution in [3.63, 3.8) is 0 Å². The third-order valence-electron chi connectivity index (χ3n) is 5.06. The predicted octanol–water partition coefficient (Wildman–Crippen LogP) is 2.41. The van der Waals surface area contributed by atoms with Crippen LogP contribution in [0.25, 0.3) is 0 Å². The summed E-state index contributed by atoms with van der Waals surface area (Å²) in [7, 11) is 0. The maximum absolute atomic E-state index is 12.2. The van der Waals surface area contributed by atoms with Crippen molar-refractivity contribution in [2.75, 3.05) is 0 Å². The van der Waals surface area contributed by atoms with Crippen LogP contribution in [-0.2, 0) is 9.59 Å². The molecule has 26 heavy (non-hydrogen) atoms. The highest BCUT2D eigenvalue weighted by molar-refractivity contribution is 5.96. The number of aliphatic hydroxyl groups excluding tert-OH is 2. The van der Waals surface area contributed by atoms with E-state index >= 15 is 0 Å². The number of carbonyl (C=O) groups is 2. The number of rotatable bonds is 14. The van der Waals surface area contributed by atoms with E-state index in [1.807, 2.05) is 0 Å². The maximum Gasteiger partial charge on any atom is 0.243 e. The fourth-order valence-electron chi connectivity index (χ4n) is 3.40. The number of carbonyl (C=O) groups excluding carboxylic acids is 2. The zero-order valence-electron chi connectivity index (χ0n) is 16.5. The second-order valence-electron chi connectivity index (χ2n) is 7.60. The molecule has 0 bridgehead atoms. The Morgan fingerprint density at radius 3 is 1.46 bits per heavy atom. The van der Waals surface area contributed by atoms with Crippen molar-refractivity contribution < 1.29 is 19.8 Å². The summed E-state index contributed by atoms with van der Waals surface area (Å²) in [4.78, 5) is 24.4. The van der Waals surface area contributed by atoms with Crippen molar-refractivity contribution in [1.29, 1.82) is 0 Å². The fraction of sp³-hybridized carbons (Fsp3) is 0.900. The zero-order chi connectivity index (χ0) is 19.4. The van der Waals surface area contributed by atoms with Crippen LogP contribution in [0, 0.1) is 0 Å². The van der Waals surface area contributed by atoms with Crippen molar-refractivity contribution in [3.8, 4) is 0 Å². The third kappa shape index (κ3) is 8.99. The fourth-order valence-corrected chi connectivity index (χ4v) is 3.40. The Morgan fingerprint density at radius 2 is 1.12 bits per heavy atom. The third-order valence-corrected chi connectivity index (χ3v) is 5.06. The van der Waals surface area contributed by atoms with Crippen LogP contribution in [0.4, 0.5) is 0 Å². The van der Waals surface area contributed by atoms with Gasteiger partial charge in [-0.1, -0.05) is 65.2 Å². The zero-order valence-corrected chi connectivity index (χ0v) is 16.5. The topological polar surface area (TPSA) is 98.7 Å². The molecule has 1 aliphatic heterocycles. The highest BCUT2D eigenvalue weighted by atomic mass is 16.3. The molecule has 0 aliphatic carbocycles. The van der Waals surface area contributed by atoms with Gasteiger partial charge in [0.25, 0.3) is 0 Å². The first kappa shape index (κ1) is 22.9. The Morgan fingerprint density at radius 1 is 0.731 bits per heavy atom. The lowest BCUT2D eigenvalue weighted by atomic mass is 9.97. The molecule has 6 nitrogen and oxygen atoms in total. The summed E-state index contributed by atoms with van der Waals surface area (Å²) < 4.78 is 0. The largest absolute Gasteiger partial charge is 0.393 e. The van der Waals surface area contributed by atoms with Gasteiger partial charge in [0, 0.05) is 12.8 Å². The van der Waals surface area contributed by atoms with Gasteiger partial charge in [-0.3, -0.25) is 9.59 Å². The van der Waals surface area contributed by atoms with Crippen molar-refractivity contribution in [3.05, 3.63) is 0 Å². The van der Waals surface area contributed by atoms with Crippen LogP contribution < -0.4 is 10.6 Å². The first-order valence-corrected chi connectivity index (χ1v) is 10.4. The predicted molar refractivity (Wildman–Crippen MR) is 103 cm³/mol. The molecule has 0 saturated carbocycles. The van der Waals surface area contributed by atoms with Gasteiger partial charge in [-0.05, 0) is 12.8 Å². The summed E-state index contributed by atoms with van der Waals surface area (Å²) in [6, 6.07) is -1.36. The molecular formula is C20H38N2O4. The standard InChI is InChI=1S/C20H38N2O4/c1-3-5-7-9-11-15(23)13-17-19(25)22-18(20(26)21-17)14-16(24)12-10-8-6-4-2/h15-18,23-24H,3-14H2,1-2H3,(H,21,26)(H,22,25). The minimum atomic E-state index is -0.679. The van der Waals surface area contributed by atoms with E-state index in [0.29, 0.717) is 12.8 Å². The monoisotopic (exact) mass is 370 g/mol. The molecular weight excluding hydrogens is 332 g/mol. The summed E-state index contributed by atoms with van der Waals surface area (Å²) in [5.41, 5.74) is 0. The molecule has 1 saturated heterocycles. The lowest BCUT2D eigenvalue weighted by molar-refractivity contribution is -0.138. The minimum Gasteiger partial charge on any atom is -0.393 e. The molecule has 6 heteroatoms. The molecule has 1 rings (SSSR count). The summed E-state index contributed by atoms with van der Waals surface area (Å²) in [6.07, 6.45) is 9.24. The number of unbranched alkanes of at least 4 members (excludes halogenated alkanes) is 6. The van der Waals surface area contributed by atoms with E-state index in [1.165, 1.54) is 0 Å². The molecule has 0 spiro atoms. The molecule has 4 atom stereocenters. The van der Waals surface area contributed by atoms with E-state index < -0.39 is 24.3 Å². The SMILES string of the molecule is CCCCCCC(O)CC1NC(=O)C(CC(O)CCCCCC)NC1=O. The molecule has 0 aromatic carbocycles. The van der Waals surface area contributed by atoms with E-state index in [1.54, 1.807) is 0 Å². The van der Waals surface area contributed by atoms with Crippen LogP contribution in [0.2, 0.25) is 0 Å². The quantitative estimate of drug-likeness (QED) is 0.353. The van der Waals surface area contributed by atoms with Gasteiger partial charge in [0.05, 0.1) is 12.2 Å². The van der Waals surface area contributed by atoms with Gasteiger partial charge in [-0.15, -0.1) is 0 Å². The van der Waals surface area contributed by atoms with Gasteiger partial charge >= 0.3 is 0 Å². The van der Waals surface area contributed by atoms with Crippen molar-refractivity contribution >= 4 is 11.8 Å². The average molecular weight is 371 g/mol. The Kier molecular flexibility index (Phi) is 11.5. The van der Waals surface area contributed by atoms with Gasteiger partial charge in [-0.25, -0.2) is 0 Å². The van der Waals surface area contributed by atoms with Gasteiger partial charge < -0.3 is 20.8 Å². The number of aliphatic hydroxyl groups is 2.